The summed E-state index contributed by atoms with van der Waals surface area (Å²) in [4.78, 5) is 0. The molecule has 0 spiro atoms. The lowest BCUT2D eigenvalue weighted by Crippen LogP contribution is -2.23. The van der Waals surface area contributed by atoms with Crippen molar-refractivity contribution in [2.24, 2.45) is 0 Å². The maximum absolute atomic E-state index is 4.02. The van der Waals surface area contributed by atoms with E-state index in [0.29, 0.717) is 0 Å². The van der Waals surface area contributed by atoms with Crippen molar-refractivity contribution in [3.05, 3.63) is 16.8 Å². The Kier molecular flexibility index (Phi) is 1.53. The second kappa shape index (κ2) is 2.53. The maximum Gasteiger partial charge on any atom is 0.0636 e. The van der Waals surface area contributed by atoms with E-state index < -0.39 is 0 Å². The lowest BCUT2D eigenvalue weighted by atomic mass is 10.1. The Morgan fingerprint density at radius 2 is 2.45 bits per heavy atom. The molecular weight excluding hydrogens is 136 g/mol. The molecule has 1 aromatic rings. The van der Waals surface area contributed by atoms with Crippen molar-refractivity contribution in [2.45, 2.75) is 26.2 Å². The number of aromatic nitrogens is 2. The first-order valence-corrected chi connectivity index (χ1v) is 4.07. The van der Waals surface area contributed by atoms with Gasteiger partial charge in [-0.2, -0.15) is 5.10 Å². The van der Waals surface area contributed by atoms with Crippen molar-refractivity contribution in [1.29, 1.82) is 0 Å². The van der Waals surface area contributed by atoms with Gasteiger partial charge in [0, 0.05) is 5.22 Å². The molecule has 1 aromatic heterocycles. The molecule has 1 aliphatic rings. The normalized spacial score (nSPS) is 17.0. The molecule has 0 saturated carbocycles. The summed E-state index contributed by atoms with van der Waals surface area (Å²) in [6, 6.07) is 0. The van der Waals surface area contributed by atoms with Crippen LogP contribution in [0.25, 0.3) is 11.6 Å². The fourth-order valence-electron chi connectivity index (χ4n) is 1.54. The predicted molar refractivity (Wildman–Crippen MR) is 45.2 cm³/mol. The molecule has 1 heterocycles. The number of nitrogens with one attached hydrogen (secondary N) is 1. The summed E-state index contributed by atoms with van der Waals surface area (Å²) in [7, 11) is 0. The maximum atomic E-state index is 4.02. The van der Waals surface area contributed by atoms with Crippen LogP contribution in [0.1, 0.15) is 26.2 Å². The highest BCUT2D eigenvalue weighted by Crippen LogP contribution is 2.06. The number of hydrogen-bond donors (Lipinski definition) is 1. The molecule has 0 amide bonds. The van der Waals surface area contributed by atoms with Crippen LogP contribution >= 0.6 is 0 Å². The molecule has 0 aromatic carbocycles. The number of aromatic amines is 1. The fraction of sp³-hybridized carbons (Fsp3) is 0.444. The minimum atomic E-state index is 1.18. The first-order valence-electron chi connectivity index (χ1n) is 4.07. The Morgan fingerprint density at radius 3 is 3.36 bits per heavy atom. The molecule has 0 atom stereocenters. The molecule has 2 nitrogen and oxygen atoms in total. The van der Waals surface area contributed by atoms with E-state index in [1.165, 1.54) is 35.4 Å². The highest BCUT2D eigenvalue weighted by molar-refractivity contribution is 5.42. The molecule has 0 fully saturated rings. The van der Waals surface area contributed by atoms with E-state index in [9.17, 15) is 0 Å². The zero-order chi connectivity index (χ0) is 7.68. The fourth-order valence-corrected chi connectivity index (χ4v) is 1.54. The van der Waals surface area contributed by atoms with Gasteiger partial charge < -0.3 is 0 Å². The number of nitrogens with zero attached hydrogens (tertiary/aromatic N) is 1. The van der Waals surface area contributed by atoms with Gasteiger partial charge in [-0.25, -0.2) is 0 Å². The smallest absolute Gasteiger partial charge is 0.0636 e. The molecule has 0 radical (unpaired) electrons. The Balaban J connectivity index is 2.79. The number of rotatable bonds is 0. The molecule has 11 heavy (non-hydrogen) atoms. The summed E-state index contributed by atoms with van der Waals surface area (Å²) >= 11 is 0. The molecule has 2 heteroatoms. The van der Waals surface area contributed by atoms with E-state index >= 15 is 0 Å². The molecule has 1 aliphatic carbocycles. The van der Waals surface area contributed by atoms with E-state index in [2.05, 4.69) is 23.2 Å². The van der Waals surface area contributed by atoms with Crippen LogP contribution in [0.4, 0.5) is 0 Å². The van der Waals surface area contributed by atoms with Crippen molar-refractivity contribution in [2.75, 3.05) is 0 Å². The van der Waals surface area contributed by atoms with Gasteiger partial charge in [-0.1, -0.05) is 6.08 Å². The van der Waals surface area contributed by atoms with E-state index in [4.69, 9.17) is 0 Å². The van der Waals surface area contributed by atoms with E-state index in [-0.39, 0.29) is 0 Å². The molecule has 0 bridgehead atoms. The van der Waals surface area contributed by atoms with E-state index in [0.717, 1.165) is 0 Å². The third-order valence-corrected chi connectivity index (χ3v) is 2.22. The summed E-state index contributed by atoms with van der Waals surface area (Å²) in [6.45, 7) is 2.18. The van der Waals surface area contributed by atoms with Crippen LogP contribution in [-0.2, 0) is 0 Å². The average Bonchev–Trinajstić information content (AvgIpc) is 2.40. The van der Waals surface area contributed by atoms with Gasteiger partial charge in [-0.3, -0.25) is 5.10 Å². The first-order chi connectivity index (χ1) is 5.38. The largest absolute Gasteiger partial charge is 0.278 e. The Bertz CT molecular complexity index is 359. The highest BCUT2D eigenvalue weighted by atomic mass is 15.1. The van der Waals surface area contributed by atoms with Crippen LogP contribution in [0.15, 0.2) is 6.20 Å². The van der Waals surface area contributed by atoms with Gasteiger partial charge in [0.25, 0.3) is 0 Å². The van der Waals surface area contributed by atoms with Gasteiger partial charge in [-0.15, -0.1) is 0 Å². The van der Waals surface area contributed by atoms with Crippen LogP contribution in [0.5, 0.6) is 0 Å². The van der Waals surface area contributed by atoms with Crippen molar-refractivity contribution in [1.82, 2.24) is 10.2 Å². The van der Waals surface area contributed by atoms with Crippen LogP contribution in [0, 0.1) is 0 Å². The minimum Gasteiger partial charge on any atom is -0.278 e. The molecule has 1 N–H and O–H groups in total. The van der Waals surface area contributed by atoms with Gasteiger partial charge in [0.05, 0.1) is 11.5 Å². The molecule has 0 aliphatic heterocycles. The monoisotopic (exact) mass is 148 g/mol. The molecule has 0 saturated heterocycles. The van der Waals surface area contributed by atoms with Crippen LogP contribution in [0.3, 0.4) is 0 Å². The lowest BCUT2D eigenvalue weighted by molar-refractivity contribution is 0.897. The third kappa shape index (κ3) is 1.09. The second-order valence-electron chi connectivity index (χ2n) is 3.08. The third-order valence-electron chi connectivity index (χ3n) is 2.22. The summed E-state index contributed by atoms with van der Waals surface area (Å²) in [5.74, 6) is 0. The quantitative estimate of drug-likeness (QED) is 0.571. The predicted octanol–water partition coefficient (Wildman–Crippen LogP) is 0.545. The van der Waals surface area contributed by atoms with E-state index in [1.54, 1.807) is 0 Å². The van der Waals surface area contributed by atoms with Crippen molar-refractivity contribution < 1.29 is 0 Å². The molecule has 2 rings (SSSR count). The average molecular weight is 148 g/mol. The number of hydrogen-bond acceptors (Lipinski definition) is 1. The van der Waals surface area contributed by atoms with Crippen LogP contribution in [-0.4, -0.2) is 10.2 Å². The summed E-state index contributed by atoms with van der Waals surface area (Å²) in [6.07, 6.45) is 7.82. The second-order valence-corrected chi connectivity index (χ2v) is 3.08. The minimum absolute atomic E-state index is 1.18. The Labute approximate surface area is 65.6 Å². The Hall–Kier alpha value is -1.05. The summed E-state index contributed by atoms with van der Waals surface area (Å²) in [5, 5.41) is 9.56. The van der Waals surface area contributed by atoms with Crippen molar-refractivity contribution in [3.8, 4) is 0 Å². The highest BCUT2D eigenvalue weighted by Gasteiger charge is 1.99. The standard InChI is InChI=1S/C9H12N2/c1-7-4-2-3-5-8-6-10-11-9(7)8/h5-6,11H,2-4H2,1H3. The number of H-pyrrole nitrogens is 1. The van der Waals surface area contributed by atoms with Gasteiger partial charge in [0.15, 0.2) is 0 Å². The molecule has 58 valence electrons. The summed E-state index contributed by atoms with van der Waals surface area (Å²) in [5.41, 5.74) is 1.44. The van der Waals surface area contributed by atoms with Crippen LogP contribution < -0.4 is 10.6 Å². The van der Waals surface area contributed by atoms with Gasteiger partial charge in [-0.05, 0) is 31.8 Å². The van der Waals surface area contributed by atoms with Gasteiger partial charge in [0.2, 0.25) is 0 Å². The van der Waals surface area contributed by atoms with Crippen molar-refractivity contribution >= 4 is 11.6 Å². The van der Waals surface area contributed by atoms with Gasteiger partial charge in [0.1, 0.15) is 0 Å². The zero-order valence-corrected chi connectivity index (χ0v) is 6.72. The summed E-state index contributed by atoms with van der Waals surface area (Å²) < 4.78 is 0. The molecule has 0 unspecified atom stereocenters. The van der Waals surface area contributed by atoms with Crippen LogP contribution in [0.2, 0.25) is 0 Å². The van der Waals surface area contributed by atoms with E-state index in [1.807, 2.05) is 6.20 Å². The Morgan fingerprint density at radius 1 is 1.55 bits per heavy atom. The van der Waals surface area contributed by atoms with Crippen molar-refractivity contribution in [3.63, 3.8) is 0 Å². The lowest BCUT2D eigenvalue weighted by Gasteiger charge is -1.92. The SMILES string of the molecule is CC1=c2[nH]ncc2=CCCC1. The topological polar surface area (TPSA) is 28.7 Å². The van der Waals surface area contributed by atoms with Gasteiger partial charge >= 0.3 is 0 Å². The zero-order valence-electron chi connectivity index (χ0n) is 6.72. The first kappa shape index (κ1) is 6.65. The number of fused-ring (bicyclic) bond motifs is 1. The molecular formula is C9H12N2.